The van der Waals surface area contributed by atoms with Crippen LogP contribution in [0.1, 0.15) is 28.4 Å². The van der Waals surface area contributed by atoms with E-state index in [9.17, 15) is 13.6 Å². The second-order valence-electron chi connectivity index (χ2n) is 7.87. The van der Waals surface area contributed by atoms with Gasteiger partial charge in [0.25, 0.3) is 0 Å². The van der Waals surface area contributed by atoms with Crippen molar-refractivity contribution in [2.24, 2.45) is 0 Å². The van der Waals surface area contributed by atoms with Crippen LogP contribution in [-0.4, -0.2) is 15.5 Å². The largest absolute Gasteiger partial charge is 0.323 e. The van der Waals surface area contributed by atoms with Crippen LogP contribution in [0.4, 0.5) is 19.3 Å². The van der Waals surface area contributed by atoms with Gasteiger partial charge < -0.3 is 14.8 Å². The quantitative estimate of drug-likeness (QED) is 0.405. The SMILES string of the molecule is Cc1ccccc1C1c2cccn2-c2ccccc2CN1C(=O)Nc1cc(F)ccc1F. The number of anilines is 1. The number of nitrogens with zero attached hydrogens (tertiary/aromatic N) is 2. The molecule has 0 fully saturated rings. The lowest BCUT2D eigenvalue weighted by atomic mass is 9.97. The van der Waals surface area contributed by atoms with E-state index in [1.54, 1.807) is 4.90 Å². The third-order valence-corrected chi connectivity index (χ3v) is 5.88. The monoisotopic (exact) mass is 429 g/mol. The van der Waals surface area contributed by atoms with Crippen molar-refractivity contribution < 1.29 is 13.6 Å². The van der Waals surface area contributed by atoms with E-state index in [1.165, 1.54) is 0 Å². The number of benzene rings is 3. The van der Waals surface area contributed by atoms with Gasteiger partial charge in [-0.05, 0) is 53.9 Å². The zero-order valence-electron chi connectivity index (χ0n) is 17.4. The summed E-state index contributed by atoms with van der Waals surface area (Å²) in [5.74, 6) is -1.31. The second kappa shape index (κ2) is 7.96. The van der Waals surface area contributed by atoms with Crippen molar-refractivity contribution in [3.63, 3.8) is 0 Å². The molecule has 2 amide bonds. The topological polar surface area (TPSA) is 37.3 Å². The van der Waals surface area contributed by atoms with Crippen molar-refractivity contribution in [3.8, 4) is 5.69 Å². The Hall–Kier alpha value is -3.93. The van der Waals surface area contributed by atoms with Gasteiger partial charge in [-0.2, -0.15) is 0 Å². The summed E-state index contributed by atoms with van der Waals surface area (Å²) in [5, 5.41) is 2.58. The maximum absolute atomic E-state index is 14.3. The first kappa shape index (κ1) is 20.0. The van der Waals surface area contributed by atoms with Gasteiger partial charge in [-0.3, -0.25) is 0 Å². The number of amides is 2. The van der Waals surface area contributed by atoms with Crippen molar-refractivity contribution in [2.45, 2.75) is 19.5 Å². The maximum Gasteiger partial charge on any atom is 0.323 e. The molecule has 0 saturated heterocycles. The Bertz CT molecular complexity index is 1310. The Morgan fingerprint density at radius 3 is 2.59 bits per heavy atom. The molecule has 0 aliphatic carbocycles. The van der Waals surface area contributed by atoms with Crippen LogP contribution in [0.25, 0.3) is 5.69 Å². The van der Waals surface area contributed by atoms with Crippen LogP contribution in [0, 0.1) is 18.6 Å². The van der Waals surface area contributed by atoms with E-state index in [0.717, 1.165) is 46.3 Å². The van der Waals surface area contributed by atoms with Crippen LogP contribution in [0.5, 0.6) is 0 Å². The van der Waals surface area contributed by atoms with E-state index in [2.05, 4.69) is 9.88 Å². The summed E-state index contributed by atoms with van der Waals surface area (Å²) in [6.07, 6.45) is 1.98. The molecule has 2 heterocycles. The molecule has 3 aromatic carbocycles. The fourth-order valence-corrected chi connectivity index (χ4v) is 4.34. The molecule has 0 spiro atoms. The van der Waals surface area contributed by atoms with Gasteiger partial charge in [-0.15, -0.1) is 0 Å². The van der Waals surface area contributed by atoms with Crippen LogP contribution in [0.3, 0.4) is 0 Å². The predicted molar refractivity (Wildman–Crippen MR) is 120 cm³/mol. The van der Waals surface area contributed by atoms with Gasteiger partial charge in [0.05, 0.1) is 17.9 Å². The van der Waals surface area contributed by atoms with Crippen LogP contribution < -0.4 is 5.32 Å². The first-order valence-electron chi connectivity index (χ1n) is 10.4. The summed E-state index contributed by atoms with van der Waals surface area (Å²) in [4.78, 5) is 15.2. The highest BCUT2D eigenvalue weighted by Crippen LogP contribution is 2.38. The molecule has 6 heteroatoms. The lowest BCUT2D eigenvalue weighted by Gasteiger charge is -2.32. The highest BCUT2D eigenvalue weighted by Gasteiger charge is 2.33. The average Bonchev–Trinajstić information content (AvgIpc) is 3.21. The minimum atomic E-state index is -0.689. The molecule has 0 bridgehead atoms. The number of para-hydroxylation sites is 1. The standard InChI is InChI=1S/C26H21F2N3O/c1-17-7-2-4-9-20(17)25-24-11-6-14-30(24)23-10-5-3-8-18(23)16-31(25)26(32)29-22-15-19(27)12-13-21(22)28/h2-15,25H,16H2,1H3,(H,29,32). The number of hydrogen-bond donors (Lipinski definition) is 1. The fraction of sp³-hybridized carbons (Fsp3) is 0.115. The molecule has 1 aliphatic heterocycles. The third-order valence-electron chi connectivity index (χ3n) is 5.88. The zero-order valence-corrected chi connectivity index (χ0v) is 17.4. The number of halogens is 2. The number of rotatable bonds is 2. The lowest BCUT2D eigenvalue weighted by Crippen LogP contribution is -2.38. The highest BCUT2D eigenvalue weighted by molar-refractivity contribution is 5.90. The molecule has 4 aromatic rings. The number of urea groups is 1. The van der Waals surface area contributed by atoms with Crippen molar-refractivity contribution in [1.82, 2.24) is 9.47 Å². The smallest absolute Gasteiger partial charge is 0.318 e. The number of carbonyl (C=O) groups is 1. The van der Waals surface area contributed by atoms with Crippen LogP contribution in [-0.2, 0) is 6.54 Å². The number of nitrogens with one attached hydrogen (secondary N) is 1. The summed E-state index contributed by atoms with van der Waals surface area (Å²) >= 11 is 0. The van der Waals surface area contributed by atoms with E-state index in [1.807, 2.05) is 73.8 Å². The van der Waals surface area contributed by atoms with Gasteiger partial charge in [0, 0.05) is 18.0 Å². The molecule has 5 rings (SSSR count). The molecule has 1 N–H and O–H groups in total. The Labute approximate surface area is 184 Å². The van der Waals surface area contributed by atoms with E-state index < -0.39 is 23.7 Å². The lowest BCUT2D eigenvalue weighted by molar-refractivity contribution is 0.194. The molecule has 1 aliphatic rings. The summed E-state index contributed by atoms with van der Waals surface area (Å²) in [5.41, 5.74) is 4.67. The number of carbonyl (C=O) groups excluding carboxylic acids is 1. The molecule has 160 valence electrons. The second-order valence-corrected chi connectivity index (χ2v) is 7.87. The summed E-state index contributed by atoms with van der Waals surface area (Å²) in [6.45, 7) is 2.31. The van der Waals surface area contributed by atoms with Crippen LogP contribution in [0.2, 0.25) is 0 Å². The summed E-state index contributed by atoms with van der Waals surface area (Å²) in [7, 11) is 0. The predicted octanol–water partition coefficient (Wildman–Crippen LogP) is 6.20. The molecular weight excluding hydrogens is 408 g/mol. The molecule has 0 radical (unpaired) electrons. The summed E-state index contributed by atoms with van der Waals surface area (Å²) in [6, 6.07) is 21.8. The van der Waals surface area contributed by atoms with E-state index in [4.69, 9.17) is 0 Å². The molecule has 1 aromatic heterocycles. The maximum atomic E-state index is 14.3. The minimum Gasteiger partial charge on any atom is -0.318 e. The van der Waals surface area contributed by atoms with Gasteiger partial charge in [-0.1, -0.05) is 42.5 Å². The van der Waals surface area contributed by atoms with E-state index in [-0.39, 0.29) is 5.69 Å². The Kier molecular flexibility index (Phi) is 4.98. The van der Waals surface area contributed by atoms with Crippen molar-refractivity contribution in [1.29, 1.82) is 0 Å². The minimum absolute atomic E-state index is 0.188. The van der Waals surface area contributed by atoms with Crippen molar-refractivity contribution in [3.05, 3.63) is 119 Å². The van der Waals surface area contributed by atoms with Crippen molar-refractivity contribution in [2.75, 3.05) is 5.32 Å². The van der Waals surface area contributed by atoms with Gasteiger partial charge in [-0.25, -0.2) is 13.6 Å². The first-order chi connectivity index (χ1) is 15.5. The normalized spacial score (nSPS) is 15.0. The van der Waals surface area contributed by atoms with Gasteiger partial charge >= 0.3 is 6.03 Å². The molecule has 1 unspecified atom stereocenters. The molecule has 4 nitrogen and oxygen atoms in total. The number of fused-ring (bicyclic) bond motifs is 3. The molecule has 1 atom stereocenters. The molecule has 0 saturated carbocycles. The van der Waals surface area contributed by atoms with Gasteiger partial charge in [0.2, 0.25) is 0 Å². The van der Waals surface area contributed by atoms with Crippen LogP contribution >= 0.6 is 0 Å². The third kappa shape index (κ3) is 3.43. The number of aryl methyl sites for hydroxylation is 1. The molecule has 32 heavy (non-hydrogen) atoms. The van der Waals surface area contributed by atoms with Crippen LogP contribution in [0.15, 0.2) is 85.1 Å². The van der Waals surface area contributed by atoms with E-state index in [0.29, 0.717) is 6.54 Å². The summed E-state index contributed by atoms with van der Waals surface area (Å²) < 4.78 is 30.1. The Morgan fingerprint density at radius 2 is 1.75 bits per heavy atom. The average molecular weight is 429 g/mol. The fourth-order valence-electron chi connectivity index (χ4n) is 4.34. The number of hydrogen-bond acceptors (Lipinski definition) is 1. The van der Waals surface area contributed by atoms with Gasteiger partial charge in [0.1, 0.15) is 17.7 Å². The Morgan fingerprint density at radius 1 is 0.969 bits per heavy atom. The zero-order chi connectivity index (χ0) is 22.2. The number of aromatic nitrogens is 1. The Balaban J connectivity index is 1.66. The highest BCUT2D eigenvalue weighted by atomic mass is 19.1. The van der Waals surface area contributed by atoms with Crippen molar-refractivity contribution >= 4 is 11.7 Å². The van der Waals surface area contributed by atoms with Gasteiger partial charge in [0.15, 0.2) is 0 Å². The first-order valence-corrected chi connectivity index (χ1v) is 10.4. The molecular formula is C26H21F2N3O. The van der Waals surface area contributed by atoms with E-state index >= 15 is 0 Å².